The Labute approximate surface area is 193 Å². The van der Waals surface area contributed by atoms with Crippen molar-refractivity contribution in [1.29, 1.82) is 0 Å². The van der Waals surface area contributed by atoms with Gasteiger partial charge in [0.25, 0.3) is 0 Å². The van der Waals surface area contributed by atoms with Crippen LogP contribution in [0.1, 0.15) is 24.5 Å². The van der Waals surface area contributed by atoms with Gasteiger partial charge in [0.1, 0.15) is 5.84 Å². The first-order valence-electron chi connectivity index (χ1n) is 11.0. The number of amides is 2. The number of nitrogens with two attached hydrogens (primary N) is 2. The second-order valence-electron chi connectivity index (χ2n) is 8.61. The minimum absolute atomic E-state index is 0.0781. The van der Waals surface area contributed by atoms with Crippen LogP contribution in [0.25, 0.3) is 0 Å². The number of urea groups is 1. The predicted molar refractivity (Wildman–Crippen MR) is 135 cm³/mol. The van der Waals surface area contributed by atoms with Crippen molar-refractivity contribution in [3.8, 4) is 0 Å². The van der Waals surface area contributed by atoms with E-state index >= 15 is 0 Å². The molecule has 0 aromatic heterocycles. The molecule has 1 heterocycles. The normalized spacial score (nSPS) is 21.4. The molecule has 1 aliphatic carbocycles. The lowest BCUT2D eigenvalue weighted by atomic mass is 9.79. The summed E-state index contributed by atoms with van der Waals surface area (Å²) in [7, 11) is 3.41. The molecular weight excluding hydrogens is 414 g/mol. The highest BCUT2D eigenvalue weighted by Crippen LogP contribution is 2.33. The Balaban J connectivity index is 1.69. The van der Waals surface area contributed by atoms with Crippen molar-refractivity contribution < 1.29 is 10.2 Å². The van der Waals surface area contributed by atoms with E-state index in [1.54, 1.807) is 14.1 Å². The van der Waals surface area contributed by atoms with Gasteiger partial charge in [-0.1, -0.05) is 31.2 Å². The number of fused-ring (bicyclic) bond motifs is 1. The van der Waals surface area contributed by atoms with Gasteiger partial charge in [0, 0.05) is 42.6 Å². The summed E-state index contributed by atoms with van der Waals surface area (Å²) in [6, 6.07) is 13.2. The van der Waals surface area contributed by atoms with Crippen LogP contribution in [0, 0.1) is 11.8 Å². The van der Waals surface area contributed by atoms with Crippen molar-refractivity contribution in [2.24, 2.45) is 21.8 Å². The molecule has 2 unspecified atom stereocenters. The first-order valence-corrected chi connectivity index (χ1v) is 11.0. The Morgan fingerprint density at radius 1 is 1.21 bits per heavy atom. The van der Waals surface area contributed by atoms with Crippen molar-refractivity contribution in [3.63, 3.8) is 0 Å². The number of nitrogen functional groups attached to an aromatic ring is 1. The number of rotatable bonds is 4. The molecule has 2 amide bonds. The number of aliphatic imine (C=N–C) groups is 2. The number of anilines is 3. The van der Waals surface area contributed by atoms with Crippen LogP contribution in [0.5, 0.6) is 0 Å². The molecule has 0 bridgehead atoms. The number of carbonyl (C=O) groups excluding carboxylic acids is 1. The van der Waals surface area contributed by atoms with Crippen molar-refractivity contribution in [2.75, 3.05) is 30.5 Å². The average molecular weight is 445 g/mol. The molecular formula is C25H30N7O+. The zero-order valence-electron chi connectivity index (χ0n) is 19.1. The number of allylic oxidation sites excluding steroid dienone is 1. The molecule has 0 saturated carbocycles. The highest BCUT2D eigenvalue weighted by molar-refractivity contribution is 6.13. The summed E-state index contributed by atoms with van der Waals surface area (Å²) in [5, 5.41) is 12.1. The number of nitrogens with one attached hydrogen (secondary N) is 2. The maximum absolute atomic E-state index is 12.1. The average Bonchev–Trinajstić information content (AvgIpc) is 2.80. The Kier molecular flexibility index (Phi) is 6.26. The fourth-order valence-electron chi connectivity index (χ4n) is 4.15. The quantitative estimate of drug-likeness (QED) is 0.329. The Hall–Kier alpha value is -3.94. The molecule has 170 valence electrons. The fraction of sp³-hybridized carbons (Fsp3) is 0.280. The lowest BCUT2D eigenvalue weighted by molar-refractivity contribution is -0.104. The third-order valence-electron chi connectivity index (χ3n) is 5.95. The van der Waals surface area contributed by atoms with Crippen molar-refractivity contribution in [1.82, 2.24) is 4.90 Å². The standard InChI is InChI=1S/C25H29N7O/c1-15-6-4-9-21-22(15)24(28-19-10-11-20(27)17(13-19)14-26)31-23(30-21)16-7-5-8-18(12-16)29-25(33)32(2)3/h4-8,10-15,21-22,26H,9,27H2,1-3H3,(H,29,33)(H,28,30,31)/p+1/t15?,21-,22?/m0/s1. The molecule has 0 fully saturated rings. The maximum Gasteiger partial charge on any atom is 0.321 e. The minimum atomic E-state index is -0.189. The number of nitrogens with zero attached hydrogens (tertiary/aromatic N) is 3. The minimum Gasteiger partial charge on any atom is -0.398 e. The van der Waals surface area contributed by atoms with Crippen molar-refractivity contribution in [3.05, 3.63) is 65.7 Å². The molecule has 0 spiro atoms. The summed E-state index contributed by atoms with van der Waals surface area (Å²) in [5.41, 5.74) is 9.80. The summed E-state index contributed by atoms with van der Waals surface area (Å²) >= 11 is 0. The topological polar surface area (TPSA) is 121 Å². The molecule has 0 radical (unpaired) electrons. The first kappa shape index (κ1) is 22.3. The van der Waals surface area contributed by atoms with Crippen LogP contribution in [0.3, 0.4) is 0 Å². The van der Waals surface area contributed by atoms with Gasteiger partial charge >= 0.3 is 6.03 Å². The smallest absolute Gasteiger partial charge is 0.321 e. The van der Waals surface area contributed by atoms with Crippen LogP contribution in [-0.4, -0.2) is 49.0 Å². The molecule has 8 nitrogen and oxygen atoms in total. The van der Waals surface area contributed by atoms with Crippen LogP contribution in [-0.2, 0) is 0 Å². The second kappa shape index (κ2) is 9.28. The maximum atomic E-state index is 12.1. The number of hydrogen-bond acceptors (Lipinski definition) is 5. The SMILES string of the molecule is CC1C=CC[C@@H]2N=C(c3cccc(NC(=O)N(C)C)c3)N=C(Nc3ccc(N)c(C=[NH2+])c3)C12. The van der Waals surface area contributed by atoms with E-state index in [4.69, 9.17) is 21.1 Å². The molecule has 8 heteroatoms. The molecule has 6 N–H and O–H groups in total. The van der Waals surface area contributed by atoms with Gasteiger partial charge in [0.2, 0.25) is 0 Å². The van der Waals surface area contributed by atoms with E-state index in [-0.39, 0.29) is 18.0 Å². The number of amidine groups is 2. The highest BCUT2D eigenvalue weighted by Gasteiger charge is 2.35. The zero-order valence-corrected chi connectivity index (χ0v) is 19.1. The van der Waals surface area contributed by atoms with Gasteiger partial charge in [0.15, 0.2) is 12.1 Å². The van der Waals surface area contributed by atoms with E-state index in [0.29, 0.717) is 23.1 Å². The predicted octanol–water partition coefficient (Wildman–Crippen LogP) is 2.39. The lowest BCUT2D eigenvalue weighted by Gasteiger charge is -2.35. The Morgan fingerprint density at radius 3 is 2.79 bits per heavy atom. The molecule has 1 aliphatic heterocycles. The van der Waals surface area contributed by atoms with Gasteiger partial charge in [-0.15, -0.1) is 0 Å². The molecule has 2 aromatic rings. The molecule has 3 atom stereocenters. The highest BCUT2D eigenvalue weighted by atomic mass is 16.2. The summed E-state index contributed by atoms with van der Waals surface area (Å²) < 4.78 is 0. The molecule has 2 aromatic carbocycles. The fourth-order valence-corrected chi connectivity index (χ4v) is 4.15. The van der Waals surface area contributed by atoms with Gasteiger partial charge in [-0.25, -0.2) is 9.79 Å². The molecule has 33 heavy (non-hydrogen) atoms. The van der Waals surface area contributed by atoms with Crippen LogP contribution < -0.4 is 21.8 Å². The third kappa shape index (κ3) is 4.79. The van der Waals surface area contributed by atoms with Crippen molar-refractivity contribution >= 4 is 41.0 Å². The molecule has 0 saturated heterocycles. The van der Waals surface area contributed by atoms with Crippen molar-refractivity contribution in [2.45, 2.75) is 19.4 Å². The third-order valence-corrected chi connectivity index (χ3v) is 5.95. The second-order valence-corrected chi connectivity index (χ2v) is 8.61. The zero-order chi connectivity index (χ0) is 23.5. The summed E-state index contributed by atoms with van der Waals surface area (Å²) in [5.74, 6) is 1.93. The molecule has 2 aliphatic rings. The van der Waals surface area contributed by atoms with Gasteiger partial charge < -0.3 is 21.3 Å². The number of carbonyl (C=O) groups is 1. The largest absolute Gasteiger partial charge is 0.398 e. The van der Waals surface area contributed by atoms with E-state index in [9.17, 15) is 4.79 Å². The van der Waals surface area contributed by atoms with Gasteiger partial charge in [0.05, 0.1) is 11.6 Å². The van der Waals surface area contributed by atoms with Gasteiger partial charge in [-0.2, -0.15) is 0 Å². The summed E-state index contributed by atoms with van der Waals surface area (Å²) in [6.45, 7) is 2.19. The van der Waals surface area contributed by atoms with Crippen LogP contribution in [0.2, 0.25) is 0 Å². The van der Waals surface area contributed by atoms with E-state index in [1.807, 2.05) is 42.5 Å². The van der Waals surface area contributed by atoms with E-state index in [0.717, 1.165) is 29.1 Å². The van der Waals surface area contributed by atoms with E-state index in [2.05, 4.69) is 29.7 Å². The summed E-state index contributed by atoms with van der Waals surface area (Å²) in [4.78, 5) is 23.5. The van der Waals surface area contributed by atoms with Crippen LogP contribution in [0.4, 0.5) is 21.9 Å². The summed E-state index contributed by atoms with van der Waals surface area (Å²) in [6.07, 6.45) is 6.75. The Morgan fingerprint density at radius 2 is 2.03 bits per heavy atom. The Bertz CT molecular complexity index is 1170. The van der Waals surface area contributed by atoms with Crippen LogP contribution in [0.15, 0.2) is 64.6 Å². The first-order chi connectivity index (χ1) is 15.9. The van der Waals surface area contributed by atoms with E-state index < -0.39 is 0 Å². The lowest BCUT2D eigenvalue weighted by Crippen LogP contribution is -2.41. The molecule has 4 rings (SSSR count). The number of benzene rings is 2. The monoisotopic (exact) mass is 444 g/mol. The van der Waals surface area contributed by atoms with E-state index in [1.165, 1.54) is 11.1 Å². The van der Waals surface area contributed by atoms with Gasteiger partial charge in [-0.05, 0) is 42.7 Å². The van der Waals surface area contributed by atoms with Crippen LogP contribution >= 0.6 is 0 Å². The van der Waals surface area contributed by atoms with Gasteiger partial charge in [-0.3, -0.25) is 10.4 Å². The number of hydrogen-bond donors (Lipinski definition) is 4.